The van der Waals surface area contributed by atoms with Crippen molar-refractivity contribution in [1.29, 1.82) is 0 Å². The third-order valence-electron chi connectivity index (χ3n) is 3.59. The highest BCUT2D eigenvalue weighted by Gasteiger charge is 2.29. The van der Waals surface area contributed by atoms with Gasteiger partial charge in [-0.05, 0) is 38.0 Å². The van der Waals surface area contributed by atoms with Crippen LogP contribution in [0.5, 0.6) is 0 Å². The minimum atomic E-state index is 0.0340. The van der Waals surface area contributed by atoms with E-state index in [2.05, 4.69) is 10.6 Å². The Morgan fingerprint density at radius 3 is 2.50 bits per heavy atom. The Labute approximate surface area is 108 Å². The Kier molecular flexibility index (Phi) is 4.58. The molecule has 2 amide bonds. The van der Waals surface area contributed by atoms with E-state index in [1.54, 1.807) is 0 Å². The van der Waals surface area contributed by atoms with Gasteiger partial charge in [0.1, 0.15) is 0 Å². The van der Waals surface area contributed by atoms with E-state index in [9.17, 15) is 9.59 Å². The predicted octanol–water partition coefficient (Wildman–Crippen LogP) is 0.146. The van der Waals surface area contributed by atoms with E-state index in [0.717, 1.165) is 12.8 Å². The van der Waals surface area contributed by atoms with Gasteiger partial charge in [-0.3, -0.25) is 9.59 Å². The van der Waals surface area contributed by atoms with Gasteiger partial charge in [-0.2, -0.15) is 0 Å². The first-order valence-corrected chi connectivity index (χ1v) is 6.97. The van der Waals surface area contributed by atoms with Crippen LogP contribution in [-0.2, 0) is 9.59 Å². The average molecular weight is 253 g/mol. The van der Waals surface area contributed by atoms with Crippen molar-refractivity contribution < 1.29 is 9.59 Å². The number of nitrogens with two attached hydrogens (primary N) is 1. The van der Waals surface area contributed by atoms with Crippen LogP contribution >= 0.6 is 0 Å². The zero-order valence-corrected chi connectivity index (χ0v) is 10.8. The maximum atomic E-state index is 11.5. The van der Waals surface area contributed by atoms with Crippen LogP contribution in [-0.4, -0.2) is 30.9 Å². The van der Waals surface area contributed by atoms with Crippen molar-refractivity contribution in [2.45, 2.75) is 44.6 Å². The van der Waals surface area contributed by atoms with Crippen LogP contribution in [0.15, 0.2) is 0 Å². The molecule has 0 aromatic carbocycles. The molecule has 5 nitrogen and oxygen atoms in total. The fourth-order valence-electron chi connectivity index (χ4n) is 1.96. The highest BCUT2D eigenvalue weighted by Crippen LogP contribution is 2.31. The maximum absolute atomic E-state index is 11.5. The Balaban J connectivity index is 1.45. The number of nitrogens with one attached hydrogen (secondary N) is 2. The van der Waals surface area contributed by atoms with E-state index in [1.165, 1.54) is 12.8 Å². The van der Waals surface area contributed by atoms with Crippen molar-refractivity contribution in [2.24, 2.45) is 17.6 Å². The van der Waals surface area contributed by atoms with Gasteiger partial charge in [-0.15, -0.1) is 0 Å². The molecular formula is C13H23N3O2. The fourth-order valence-corrected chi connectivity index (χ4v) is 1.96. The number of carbonyl (C=O) groups excluding carboxylic acids is 2. The molecule has 102 valence electrons. The third-order valence-corrected chi connectivity index (χ3v) is 3.59. The number of carbonyl (C=O) groups is 2. The van der Waals surface area contributed by atoms with Crippen molar-refractivity contribution in [3.63, 3.8) is 0 Å². The Morgan fingerprint density at radius 1 is 1.17 bits per heavy atom. The van der Waals surface area contributed by atoms with Crippen LogP contribution in [0.2, 0.25) is 0 Å². The van der Waals surface area contributed by atoms with Crippen LogP contribution < -0.4 is 16.4 Å². The molecule has 0 heterocycles. The first-order chi connectivity index (χ1) is 8.66. The minimum Gasteiger partial charge on any atom is -0.356 e. The van der Waals surface area contributed by atoms with Gasteiger partial charge in [0.25, 0.3) is 0 Å². The summed E-state index contributed by atoms with van der Waals surface area (Å²) in [5.41, 5.74) is 5.89. The van der Waals surface area contributed by atoms with Gasteiger partial charge in [-0.25, -0.2) is 0 Å². The highest BCUT2D eigenvalue weighted by atomic mass is 16.2. The maximum Gasteiger partial charge on any atom is 0.223 e. The molecular weight excluding hydrogens is 230 g/mol. The summed E-state index contributed by atoms with van der Waals surface area (Å²) in [4.78, 5) is 22.8. The molecule has 0 bridgehead atoms. The molecule has 18 heavy (non-hydrogen) atoms. The molecule has 0 aliphatic heterocycles. The zero-order valence-electron chi connectivity index (χ0n) is 10.8. The number of hydrogen-bond acceptors (Lipinski definition) is 3. The second-order valence-electron chi connectivity index (χ2n) is 5.47. The van der Waals surface area contributed by atoms with Crippen molar-refractivity contribution in [3.05, 3.63) is 0 Å². The van der Waals surface area contributed by atoms with Crippen LogP contribution in [0.25, 0.3) is 0 Å². The first kappa shape index (κ1) is 13.3. The Morgan fingerprint density at radius 2 is 1.89 bits per heavy atom. The lowest BCUT2D eigenvalue weighted by Crippen LogP contribution is -2.38. The summed E-state index contributed by atoms with van der Waals surface area (Å²) in [5, 5.41) is 5.70. The summed E-state index contributed by atoms with van der Waals surface area (Å²) < 4.78 is 0. The third kappa shape index (κ3) is 4.64. The first-order valence-electron chi connectivity index (χ1n) is 6.97. The summed E-state index contributed by atoms with van der Waals surface area (Å²) in [6, 6.07) is 0.114. The van der Waals surface area contributed by atoms with Crippen LogP contribution in [0.3, 0.4) is 0 Å². The largest absolute Gasteiger partial charge is 0.356 e. The fraction of sp³-hybridized carbons (Fsp3) is 0.846. The van der Waals surface area contributed by atoms with Gasteiger partial charge >= 0.3 is 0 Å². The number of hydrogen-bond donors (Lipinski definition) is 3. The summed E-state index contributed by atoms with van der Waals surface area (Å²) in [7, 11) is 0. The van der Waals surface area contributed by atoms with Crippen molar-refractivity contribution in [2.75, 3.05) is 13.1 Å². The van der Waals surface area contributed by atoms with Crippen LogP contribution in [0, 0.1) is 11.8 Å². The summed E-state index contributed by atoms with van der Waals surface area (Å²) in [6.45, 7) is 1.18. The molecule has 1 atom stereocenters. The van der Waals surface area contributed by atoms with Crippen molar-refractivity contribution in [3.8, 4) is 0 Å². The molecule has 2 aliphatic rings. The van der Waals surface area contributed by atoms with Crippen LogP contribution in [0.1, 0.15) is 38.5 Å². The lowest BCUT2D eigenvalue weighted by molar-refractivity contribution is -0.123. The summed E-state index contributed by atoms with van der Waals surface area (Å²) in [5.74, 6) is 1.04. The van der Waals surface area contributed by atoms with Crippen molar-refractivity contribution in [1.82, 2.24) is 10.6 Å². The lowest BCUT2D eigenvalue weighted by atomic mass is 10.2. The van der Waals surface area contributed by atoms with E-state index in [4.69, 9.17) is 5.73 Å². The SMILES string of the molecule is NC(CNC(=O)CCCNC(=O)C1CC1)C1CC1. The van der Waals surface area contributed by atoms with E-state index >= 15 is 0 Å². The molecule has 0 saturated heterocycles. The standard InChI is InChI=1S/C13H23N3O2/c14-11(9-3-4-9)8-16-12(17)2-1-7-15-13(18)10-5-6-10/h9-11H,1-8,14H2,(H,15,18)(H,16,17). The molecule has 2 fully saturated rings. The topological polar surface area (TPSA) is 84.2 Å². The lowest BCUT2D eigenvalue weighted by Gasteiger charge is -2.11. The van der Waals surface area contributed by atoms with Crippen molar-refractivity contribution >= 4 is 11.8 Å². The smallest absolute Gasteiger partial charge is 0.223 e. The second-order valence-corrected chi connectivity index (χ2v) is 5.47. The molecule has 0 radical (unpaired) electrons. The van der Waals surface area contributed by atoms with Gasteiger partial charge in [0, 0.05) is 31.5 Å². The summed E-state index contributed by atoms with van der Waals surface area (Å²) >= 11 is 0. The Bertz CT molecular complexity index is 311. The minimum absolute atomic E-state index is 0.0340. The quantitative estimate of drug-likeness (QED) is 0.538. The number of amides is 2. The van der Waals surface area contributed by atoms with E-state index < -0.39 is 0 Å². The molecule has 2 saturated carbocycles. The van der Waals surface area contributed by atoms with Gasteiger partial charge in [0.2, 0.25) is 11.8 Å². The number of rotatable bonds is 8. The average Bonchev–Trinajstić information content (AvgIpc) is 3.19. The van der Waals surface area contributed by atoms with Gasteiger partial charge in [0.15, 0.2) is 0 Å². The zero-order chi connectivity index (χ0) is 13.0. The van der Waals surface area contributed by atoms with E-state index in [-0.39, 0.29) is 23.8 Å². The van der Waals surface area contributed by atoms with Crippen LogP contribution in [0.4, 0.5) is 0 Å². The van der Waals surface area contributed by atoms with Gasteiger partial charge < -0.3 is 16.4 Å². The second kappa shape index (κ2) is 6.18. The molecule has 2 aliphatic carbocycles. The molecule has 0 aromatic rings. The van der Waals surface area contributed by atoms with E-state index in [0.29, 0.717) is 31.8 Å². The normalized spacial score (nSPS) is 20.3. The molecule has 2 rings (SSSR count). The molecule has 0 spiro atoms. The Hall–Kier alpha value is -1.10. The summed E-state index contributed by atoms with van der Waals surface area (Å²) in [6.07, 6.45) is 5.59. The monoisotopic (exact) mass is 253 g/mol. The molecule has 4 N–H and O–H groups in total. The van der Waals surface area contributed by atoms with Gasteiger partial charge in [-0.1, -0.05) is 0 Å². The molecule has 1 unspecified atom stereocenters. The molecule has 0 aromatic heterocycles. The van der Waals surface area contributed by atoms with Gasteiger partial charge in [0.05, 0.1) is 0 Å². The van der Waals surface area contributed by atoms with E-state index in [1.807, 2.05) is 0 Å². The molecule has 5 heteroatoms. The predicted molar refractivity (Wildman–Crippen MR) is 68.7 cm³/mol. The highest BCUT2D eigenvalue weighted by molar-refractivity contribution is 5.81.